The molecule has 0 radical (unpaired) electrons. The van der Waals surface area contributed by atoms with Crippen molar-refractivity contribution in [2.24, 2.45) is 0 Å². The molecule has 0 saturated carbocycles. The maximum Gasteiger partial charge on any atom is 0.310 e. The van der Waals surface area contributed by atoms with Crippen molar-refractivity contribution in [3.05, 3.63) is 77.9 Å². The summed E-state index contributed by atoms with van der Waals surface area (Å²) < 4.78 is 5.12. The third kappa shape index (κ3) is 5.92. The minimum absolute atomic E-state index is 0.0893. The number of nitrogens with one attached hydrogen (secondary N) is 1. The van der Waals surface area contributed by atoms with E-state index in [1.807, 2.05) is 56.3 Å². The van der Waals surface area contributed by atoms with E-state index in [1.54, 1.807) is 29.2 Å². The van der Waals surface area contributed by atoms with Gasteiger partial charge in [0.05, 0.1) is 6.42 Å². The fourth-order valence-electron chi connectivity index (χ4n) is 3.33. The van der Waals surface area contributed by atoms with Crippen molar-refractivity contribution in [2.45, 2.75) is 20.3 Å². The fourth-order valence-corrected chi connectivity index (χ4v) is 3.33. The molecule has 1 N–H and O–H groups in total. The summed E-state index contributed by atoms with van der Waals surface area (Å²) in [5.41, 5.74) is 1.80. The van der Waals surface area contributed by atoms with Crippen molar-refractivity contribution >= 4 is 34.2 Å². The molecule has 0 saturated heterocycles. The number of ether oxygens (including phenoxy) is 1. The van der Waals surface area contributed by atoms with Crippen molar-refractivity contribution in [1.82, 2.24) is 4.90 Å². The van der Waals surface area contributed by atoms with Crippen molar-refractivity contribution < 1.29 is 19.1 Å². The van der Waals surface area contributed by atoms with Crippen LogP contribution in [0.4, 0.5) is 5.69 Å². The van der Waals surface area contributed by atoms with E-state index in [2.05, 4.69) is 5.32 Å². The third-order valence-electron chi connectivity index (χ3n) is 4.97. The molecule has 160 valence electrons. The zero-order chi connectivity index (χ0) is 22.2. The van der Waals surface area contributed by atoms with Crippen LogP contribution in [0.1, 0.15) is 29.8 Å². The smallest absolute Gasteiger partial charge is 0.310 e. The highest BCUT2D eigenvalue weighted by Gasteiger charge is 2.14. The van der Waals surface area contributed by atoms with Crippen molar-refractivity contribution in [3.63, 3.8) is 0 Å². The summed E-state index contributed by atoms with van der Waals surface area (Å²) in [6.45, 7) is 4.66. The normalized spacial score (nSPS) is 10.5. The van der Waals surface area contributed by atoms with Gasteiger partial charge in [-0.15, -0.1) is 0 Å². The highest BCUT2D eigenvalue weighted by atomic mass is 16.5. The Kier molecular flexibility index (Phi) is 7.38. The van der Waals surface area contributed by atoms with Gasteiger partial charge in [-0.1, -0.05) is 48.5 Å². The van der Waals surface area contributed by atoms with E-state index >= 15 is 0 Å². The lowest BCUT2D eigenvalue weighted by Crippen LogP contribution is -2.30. The van der Waals surface area contributed by atoms with E-state index in [0.29, 0.717) is 24.3 Å². The number of amides is 2. The summed E-state index contributed by atoms with van der Waals surface area (Å²) in [5, 5.41) is 4.81. The van der Waals surface area contributed by atoms with Gasteiger partial charge < -0.3 is 15.0 Å². The van der Waals surface area contributed by atoms with Gasteiger partial charge >= 0.3 is 5.97 Å². The van der Waals surface area contributed by atoms with Crippen LogP contribution in [0.5, 0.6) is 0 Å². The van der Waals surface area contributed by atoms with Crippen molar-refractivity contribution in [1.29, 1.82) is 0 Å². The lowest BCUT2D eigenvalue weighted by Gasteiger charge is -2.19. The van der Waals surface area contributed by atoms with Gasteiger partial charge in [0.1, 0.15) is 0 Å². The second-order valence-electron chi connectivity index (χ2n) is 7.13. The zero-order valence-electron chi connectivity index (χ0n) is 17.8. The number of anilines is 1. The minimum atomic E-state index is -0.476. The number of hydrogen-bond acceptors (Lipinski definition) is 4. The zero-order valence-corrected chi connectivity index (χ0v) is 17.8. The average molecular weight is 418 g/mol. The number of nitrogens with zero attached hydrogens (tertiary/aromatic N) is 1. The highest BCUT2D eigenvalue weighted by molar-refractivity contribution is 5.97. The van der Waals surface area contributed by atoms with Gasteiger partial charge in [-0.3, -0.25) is 14.4 Å². The van der Waals surface area contributed by atoms with E-state index in [4.69, 9.17) is 4.74 Å². The van der Waals surface area contributed by atoms with Crippen LogP contribution in [0.2, 0.25) is 0 Å². The molecule has 0 aliphatic carbocycles. The van der Waals surface area contributed by atoms with Crippen LogP contribution < -0.4 is 5.32 Å². The average Bonchev–Trinajstić information content (AvgIpc) is 2.78. The van der Waals surface area contributed by atoms with Crippen LogP contribution in [0, 0.1) is 0 Å². The molecule has 0 atom stereocenters. The Balaban J connectivity index is 1.53. The molecule has 3 aromatic rings. The Bertz CT molecular complexity index is 1090. The molecule has 2 amide bonds. The number of carbonyl (C=O) groups excluding carboxylic acids is 3. The molecule has 0 aliphatic rings. The Morgan fingerprint density at radius 1 is 0.871 bits per heavy atom. The molecule has 0 fully saturated rings. The third-order valence-corrected chi connectivity index (χ3v) is 4.97. The quantitative estimate of drug-likeness (QED) is 0.560. The summed E-state index contributed by atoms with van der Waals surface area (Å²) >= 11 is 0. The van der Waals surface area contributed by atoms with E-state index < -0.39 is 11.9 Å². The molecule has 6 nitrogen and oxygen atoms in total. The SMILES string of the molecule is CCN(CC)C(=O)c1cccc(NC(=O)COC(=O)Cc2ccc3ccccc3c2)c1. The molecule has 3 rings (SSSR count). The number of carbonyl (C=O) groups is 3. The largest absolute Gasteiger partial charge is 0.455 e. The highest BCUT2D eigenvalue weighted by Crippen LogP contribution is 2.16. The second kappa shape index (κ2) is 10.4. The Morgan fingerprint density at radius 2 is 1.61 bits per heavy atom. The van der Waals surface area contributed by atoms with E-state index in [0.717, 1.165) is 16.3 Å². The molecule has 0 spiro atoms. The predicted molar refractivity (Wildman–Crippen MR) is 121 cm³/mol. The molecule has 31 heavy (non-hydrogen) atoms. The van der Waals surface area contributed by atoms with Crippen LogP contribution in [0.25, 0.3) is 10.8 Å². The Hall–Kier alpha value is -3.67. The summed E-state index contributed by atoms with van der Waals surface area (Å²) in [4.78, 5) is 38.5. The number of esters is 1. The molecular formula is C25H26N2O4. The first-order valence-corrected chi connectivity index (χ1v) is 10.3. The first-order chi connectivity index (χ1) is 15.0. The van der Waals surface area contributed by atoms with Crippen LogP contribution in [-0.4, -0.2) is 42.4 Å². The maximum absolute atomic E-state index is 12.5. The van der Waals surface area contributed by atoms with Crippen molar-refractivity contribution in [2.75, 3.05) is 25.0 Å². The molecule has 6 heteroatoms. The number of hydrogen-bond donors (Lipinski definition) is 1. The number of benzene rings is 3. The van der Waals surface area contributed by atoms with Gasteiger partial charge in [0, 0.05) is 24.3 Å². The lowest BCUT2D eigenvalue weighted by molar-refractivity contribution is -0.146. The number of rotatable bonds is 8. The molecular weight excluding hydrogens is 392 g/mol. The first kappa shape index (κ1) is 22.0. The summed E-state index contributed by atoms with van der Waals surface area (Å²) in [5.74, 6) is -1.03. The van der Waals surface area contributed by atoms with Gasteiger partial charge in [0.25, 0.3) is 11.8 Å². The van der Waals surface area contributed by atoms with Crippen LogP contribution in [0.15, 0.2) is 66.7 Å². The van der Waals surface area contributed by atoms with Crippen LogP contribution >= 0.6 is 0 Å². The molecule has 0 unspecified atom stereocenters. The Labute approximate surface area is 181 Å². The molecule has 0 aliphatic heterocycles. The lowest BCUT2D eigenvalue weighted by atomic mass is 10.1. The molecule has 0 heterocycles. The van der Waals surface area contributed by atoms with Gasteiger partial charge in [0.15, 0.2) is 6.61 Å². The van der Waals surface area contributed by atoms with E-state index in [-0.39, 0.29) is 18.9 Å². The predicted octanol–water partition coefficient (Wildman–Crippen LogP) is 4.05. The monoisotopic (exact) mass is 418 g/mol. The number of fused-ring (bicyclic) bond motifs is 1. The molecule has 0 bridgehead atoms. The summed E-state index contributed by atoms with van der Waals surface area (Å²) in [7, 11) is 0. The van der Waals surface area contributed by atoms with Crippen LogP contribution in [0.3, 0.4) is 0 Å². The van der Waals surface area contributed by atoms with Crippen LogP contribution in [-0.2, 0) is 20.7 Å². The van der Waals surface area contributed by atoms with Crippen molar-refractivity contribution in [3.8, 4) is 0 Å². The molecule has 0 aromatic heterocycles. The van der Waals surface area contributed by atoms with Gasteiger partial charge in [-0.25, -0.2) is 0 Å². The maximum atomic E-state index is 12.5. The van der Waals surface area contributed by atoms with E-state index in [9.17, 15) is 14.4 Å². The summed E-state index contributed by atoms with van der Waals surface area (Å²) in [6.07, 6.45) is 0.0893. The van der Waals surface area contributed by atoms with E-state index in [1.165, 1.54) is 0 Å². The van der Waals surface area contributed by atoms with Gasteiger partial charge in [-0.05, 0) is 48.4 Å². The Morgan fingerprint density at radius 3 is 2.35 bits per heavy atom. The molecule has 3 aromatic carbocycles. The standard InChI is InChI=1S/C25H26N2O4/c1-3-27(4-2)25(30)21-10-7-11-22(16-21)26-23(28)17-31-24(29)15-18-12-13-19-8-5-6-9-20(19)14-18/h5-14,16H,3-4,15,17H2,1-2H3,(H,26,28). The second-order valence-corrected chi connectivity index (χ2v) is 7.13. The topological polar surface area (TPSA) is 75.7 Å². The summed E-state index contributed by atoms with van der Waals surface area (Å²) in [6, 6.07) is 20.4. The minimum Gasteiger partial charge on any atom is -0.455 e. The van der Waals surface area contributed by atoms with Gasteiger partial charge in [0.2, 0.25) is 0 Å². The fraction of sp³-hybridized carbons (Fsp3) is 0.240. The first-order valence-electron chi connectivity index (χ1n) is 10.3. The van der Waals surface area contributed by atoms with Gasteiger partial charge in [-0.2, -0.15) is 0 Å².